The molecule has 0 aliphatic carbocycles. The van der Waals surface area contributed by atoms with Crippen LogP contribution in [0, 0.1) is 5.82 Å². The van der Waals surface area contributed by atoms with Gasteiger partial charge in [-0.1, -0.05) is 0 Å². The molecule has 6 nitrogen and oxygen atoms in total. The van der Waals surface area contributed by atoms with Crippen LogP contribution in [0.3, 0.4) is 0 Å². The number of likely N-dealkylation sites (N-methyl/N-ethyl adjacent to an activating group) is 1. The van der Waals surface area contributed by atoms with Crippen molar-refractivity contribution in [1.82, 2.24) is 20.5 Å². The molecule has 20 heavy (non-hydrogen) atoms. The highest BCUT2D eigenvalue weighted by molar-refractivity contribution is 5.96. The van der Waals surface area contributed by atoms with E-state index in [1.807, 2.05) is 6.92 Å². The van der Waals surface area contributed by atoms with Crippen molar-refractivity contribution in [3.05, 3.63) is 29.8 Å². The molecule has 2 heterocycles. The minimum atomic E-state index is -0.567. The summed E-state index contributed by atoms with van der Waals surface area (Å²) < 4.78 is 12.8. The van der Waals surface area contributed by atoms with Crippen LogP contribution in [-0.2, 0) is 4.79 Å². The molecule has 0 radical (unpaired) electrons. The van der Waals surface area contributed by atoms with Crippen LogP contribution in [0.4, 0.5) is 4.39 Å². The number of piperazine rings is 1. The van der Waals surface area contributed by atoms with Gasteiger partial charge in [0, 0.05) is 26.2 Å². The highest BCUT2D eigenvalue weighted by Crippen LogP contribution is 2.10. The molecule has 1 fully saturated rings. The van der Waals surface area contributed by atoms with Crippen LogP contribution in [0.2, 0.25) is 0 Å². The van der Waals surface area contributed by atoms with E-state index in [-0.39, 0.29) is 17.5 Å². The molecule has 1 saturated heterocycles. The van der Waals surface area contributed by atoms with Crippen LogP contribution >= 0.6 is 0 Å². The lowest BCUT2D eigenvalue weighted by molar-refractivity contribution is -0.126. The first-order valence-electron chi connectivity index (χ1n) is 6.54. The Hall–Kier alpha value is -2.02. The Morgan fingerprint density at radius 2 is 2.35 bits per heavy atom. The first kappa shape index (κ1) is 14.4. The van der Waals surface area contributed by atoms with Crippen molar-refractivity contribution in [2.75, 3.05) is 26.2 Å². The number of pyridine rings is 1. The number of hydrogen-bond acceptors (Lipinski definition) is 4. The highest BCUT2D eigenvalue weighted by Gasteiger charge is 2.32. The molecule has 2 rings (SSSR count). The van der Waals surface area contributed by atoms with E-state index in [1.165, 1.54) is 17.0 Å². The van der Waals surface area contributed by atoms with Crippen molar-refractivity contribution in [2.24, 2.45) is 0 Å². The SMILES string of the molecule is CCNC(=O)C1CNCCN1C(=O)c1ccc(F)cn1. The molecule has 108 valence electrons. The number of halogens is 1. The minimum Gasteiger partial charge on any atom is -0.355 e. The van der Waals surface area contributed by atoms with Crippen molar-refractivity contribution in [3.63, 3.8) is 0 Å². The smallest absolute Gasteiger partial charge is 0.273 e. The van der Waals surface area contributed by atoms with Gasteiger partial charge in [0.05, 0.1) is 6.20 Å². The van der Waals surface area contributed by atoms with Crippen molar-refractivity contribution in [1.29, 1.82) is 0 Å². The van der Waals surface area contributed by atoms with Gasteiger partial charge in [-0.3, -0.25) is 9.59 Å². The third-order valence-corrected chi connectivity index (χ3v) is 3.10. The van der Waals surface area contributed by atoms with Gasteiger partial charge in [0.2, 0.25) is 5.91 Å². The fourth-order valence-corrected chi connectivity index (χ4v) is 2.12. The lowest BCUT2D eigenvalue weighted by Gasteiger charge is -2.34. The van der Waals surface area contributed by atoms with E-state index in [1.54, 1.807) is 0 Å². The fourth-order valence-electron chi connectivity index (χ4n) is 2.12. The molecule has 1 aromatic heterocycles. The number of nitrogens with zero attached hydrogens (tertiary/aromatic N) is 2. The van der Waals surface area contributed by atoms with E-state index >= 15 is 0 Å². The molecular formula is C13H17FN4O2. The van der Waals surface area contributed by atoms with E-state index in [0.29, 0.717) is 26.2 Å². The van der Waals surface area contributed by atoms with Gasteiger partial charge in [0.15, 0.2) is 0 Å². The van der Waals surface area contributed by atoms with E-state index in [0.717, 1.165) is 6.20 Å². The average molecular weight is 280 g/mol. The molecule has 0 bridgehead atoms. The lowest BCUT2D eigenvalue weighted by atomic mass is 10.1. The number of carbonyl (C=O) groups excluding carboxylic acids is 2. The van der Waals surface area contributed by atoms with Crippen LogP contribution in [0.1, 0.15) is 17.4 Å². The van der Waals surface area contributed by atoms with Gasteiger partial charge in [-0.2, -0.15) is 0 Å². The summed E-state index contributed by atoms with van der Waals surface area (Å²) >= 11 is 0. The normalized spacial score (nSPS) is 18.7. The lowest BCUT2D eigenvalue weighted by Crippen LogP contribution is -2.59. The van der Waals surface area contributed by atoms with Crippen molar-refractivity contribution >= 4 is 11.8 Å². The second kappa shape index (κ2) is 6.42. The molecule has 1 unspecified atom stereocenters. The standard InChI is InChI=1S/C13H17FN4O2/c1-2-16-12(19)11-8-15-5-6-18(11)13(20)10-4-3-9(14)7-17-10/h3-4,7,11,15H,2,5-6,8H2,1H3,(H,16,19). The molecule has 2 amide bonds. The van der Waals surface area contributed by atoms with Crippen LogP contribution < -0.4 is 10.6 Å². The number of rotatable bonds is 3. The van der Waals surface area contributed by atoms with Gasteiger partial charge in [-0.25, -0.2) is 9.37 Å². The zero-order valence-corrected chi connectivity index (χ0v) is 11.2. The Kier molecular flexibility index (Phi) is 4.62. The maximum Gasteiger partial charge on any atom is 0.273 e. The van der Waals surface area contributed by atoms with Gasteiger partial charge in [0.25, 0.3) is 5.91 Å². The van der Waals surface area contributed by atoms with Gasteiger partial charge >= 0.3 is 0 Å². The van der Waals surface area contributed by atoms with Crippen LogP contribution in [0.5, 0.6) is 0 Å². The molecule has 1 aliphatic rings. The predicted molar refractivity (Wildman–Crippen MR) is 70.6 cm³/mol. The second-order valence-electron chi connectivity index (χ2n) is 4.47. The molecule has 0 saturated carbocycles. The third kappa shape index (κ3) is 3.11. The fraction of sp³-hybridized carbons (Fsp3) is 0.462. The van der Waals surface area contributed by atoms with Gasteiger partial charge in [-0.15, -0.1) is 0 Å². The summed E-state index contributed by atoms with van der Waals surface area (Å²) in [5.41, 5.74) is 0.141. The topological polar surface area (TPSA) is 74.3 Å². The molecule has 0 spiro atoms. The van der Waals surface area contributed by atoms with Crippen molar-refractivity contribution in [3.8, 4) is 0 Å². The van der Waals surface area contributed by atoms with Gasteiger partial charge < -0.3 is 15.5 Å². The van der Waals surface area contributed by atoms with Crippen LogP contribution in [-0.4, -0.2) is 53.9 Å². The molecule has 7 heteroatoms. The summed E-state index contributed by atoms with van der Waals surface area (Å²) in [5, 5.41) is 5.79. The molecular weight excluding hydrogens is 263 g/mol. The Morgan fingerprint density at radius 1 is 1.55 bits per heavy atom. The van der Waals surface area contributed by atoms with E-state index in [2.05, 4.69) is 15.6 Å². The number of hydrogen-bond donors (Lipinski definition) is 2. The maximum atomic E-state index is 12.8. The Balaban J connectivity index is 2.16. The Morgan fingerprint density at radius 3 is 3.00 bits per heavy atom. The van der Waals surface area contributed by atoms with Crippen molar-refractivity contribution < 1.29 is 14.0 Å². The van der Waals surface area contributed by atoms with E-state index in [4.69, 9.17) is 0 Å². The summed E-state index contributed by atoms with van der Waals surface area (Å²) in [6.45, 7) is 3.76. The summed E-state index contributed by atoms with van der Waals surface area (Å²) in [4.78, 5) is 29.6. The molecule has 1 aromatic rings. The summed E-state index contributed by atoms with van der Waals surface area (Å²) in [6.07, 6.45) is 0.997. The molecule has 1 atom stereocenters. The predicted octanol–water partition coefficient (Wildman–Crippen LogP) is -0.229. The molecule has 2 N–H and O–H groups in total. The monoisotopic (exact) mass is 280 g/mol. The number of carbonyl (C=O) groups is 2. The number of amides is 2. The Labute approximate surface area is 116 Å². The van der Waals surface area contributed by atoms with E-state index < -0.39 is 11.9 Å². The maximum absolute atomic E-state index is 12.8. The second-order valence-corrected chi connectivity index (χ2v) is 4.47. The molecule has 0 aromatic carbocycles. The third-order valence-electron chi connectivity index (χ3n) is 3.10. The quantitative estimate of drug-likeness (QED) is 0.802. The zero-order chi connectivity index (χ0) is 14.5. The van der Waals surface area contributed by atoms with Crippen LogP contribution in [0.25, 0.3) is 0 Å². The van der Waals surface area contributed by atoms with Gasteiger partial charge in [0.1, 0.15) is 17.6 Å². The first-order valence-corrected chi connectivity index (χ1v) is 6.54. The zero-order valence-electron chi connectivity index (χ0n) is 11.2. The number of aromatic nitrogens is 1. The summed E-state index contributed by atoms with van der Waals surface area (Å²) in [5.74, 6) is -1.06. The van der Waals surface area contributed by atoms with Crippen LogP contribution in [0.15, 0.2) is 18.3 Å². The summed E-state index contributed by atoms with van der Waals surface area (Å²) in [6, 6.07) is 1.95. The first-order chi connectivity index (χ1) is 9.63. The van der Waals surface area contributed by atoms with E-state index in [9.17, 15) is 14.0 Å². The average Bonchev–Trinajstić information content (AvgIpc) is 2.47. The minimum absolute atomic E-state index is 0.141. The number of nitrogens with one attached hydrogen (secondary N) is 2. The van der Waals surface area contributed by atoms with Crippen molar-refractivity contribution in [2.45, 2.75) is 13.0 Å². The molecule has 1 aliphatic heterocycles. The summed E-state index contributed by atoms with van der Waals surface area (Å²) in [7, 11) is 0. The van der Waals surface area contributed by atoms with Gasteiger partial charge in [-0.05, 0) is 19.1 Å². The highest BCUT2D eigenvalue weighted by atomic mass is 19.1. The largest absolute Gasteiger partial charge is 0.355 e. The Bertz CT molecular complexity index is 492.